The third kappa shape index (κ3) is 4.23. The van der Waals surface area contributed by atoms with Crippen LogP contribution >= 0.6 is 0 Å². The summed E-state index contributed by atoms with van der Waals surface area (Å²) < 4.78 is 7.59. The minimum absolute atomic E-state index is 0.0113. The average Bonchev–Trinajstić information content (AvgIpc) is 3.04. The van der Waals surface area contributed by atoms with E-state index in [0.29, 0.717) is 0 Å². The molecule has 3 rings (SSSR count). The van der Waals surface area contributed by atoms with Gasteiger partial charge in [0.25, 0.3) is 0 Å². The van der Waals surface area contributed by atoms with Crippen molar-refractivity contribution in [3.8, 4) is 0 Å². The normalized spacial score (nSPS) is 19.0. The summed E-state index contributed by atoms with van der Waals surface area (Å²) in [5, 5.41) is 7.33. The molecular formula is C19H25N3O2. The van der Waals surface area contributed by atoms with Gasteiger partial charge in [0, 0.05) is 12.8 Å². The van der Waals surface area contributed by atoms with Crippen LogP contribution in [0.25, 0.3) is 0 Å². The summed E-state index contributed by atoms with van der Waals surface area (Å²) in [5.74, 6) is -0.131. The van der Waals surface area contributed by atoms with Crippen LogP contribution in [0.15, 0.2) is 42.7 Å². The van der Waals surface area contributed by atoms with E-state index < -0.39 is 0 Å². The summed E-state index contributed by atoms with van der Waals surface area (Å²) in [6.45, 7) is 3.61. The number of anilines is 1. The van der Waals surface area contributed by atoms with Gasteiger partial charge in [0.05, 0.1) is 30.5 Å². The van der Waals surface area contributed by atoms with E-state index in [1.54, 1.807) is 6.20 Å². The lowest BCUT2D eigenvalue weighted by Gasteiger charge is -2.22. The highest BCUT2D eigenvalue weighted by molar-refractivity contribution is 5.95. The first-order valence-corrected chi connectivity index (χ1v) is 8.76. The van der Waals surface area contributed by atoms with Crippen LogP contribution in [0.4, 0.5) is 5.69 Å². The lowest BCUT2D eigenvalue weighted by Crippen LogP contribution is -2.24. The molecule has 0 spiro atoms. The van der Waals surface area contributed by atoms with Crippen LogP contribution in [-0.2, 0) is 16.1 Å². The highest BCUT2D eigenvalue weighted by atomic mass is 16.5. The zero-order valence-corrected chi connectivity index (χ0v) is 14.1. The Bertz CT molecular complexity index is 648. The average molecular weight is 327 g/mol. The van der Waals surface area contributed by atoms with E-state index >= 15 is 0 Å². The quantitative estimate of drug-likeness (QED) is 0.882. The number of aromatic nitrogens is 2. The molecule has 128 valence electrons. The molecule has 1 saturated heterocycles. The van der Waals surface area contributed by atoms with Gasteiger partial charge in [-0.25, -0.2) is 0 Å². The first-order valence-electron chi connectivity index (χ1n) is 8.76. The molecule has 5 nitrogen and oxygen atoms in total. The fourth-order valence-corrected chi connectivity index (χ4v) is 3.18. The smallest absolute Gasteiger partial charge is 0.231 e. The topological polar surface area (TPSA) is 56.2 Å². The van der Waals surface area contributed by atoms with Crippen molar-refractivity contribution in [3.05, 3.63) is 48.3 Å². The fourth-order valence-electron chi connectivity index (χ4n) is 3.18. The fraction of sp³-hybridized carbons (Fsp3) is 0.474. The number of ether oxygens (including phenoxy) is 1. The first kappa shape index (κ1) is 16.7. The molecule has 1 aliphatic heterocycles. The standard InChI is InChI=1S/C19H25N3O2/c1-2-18(15-8-4-3-5-9-15)19(23)21-16-12-20-22(13-16)14-17-10-6-7-11-24-17/h3-5,8-9,12-13,17-18H,2,6-7,10-11,14H2,1H3,(H,21,23)/t17-,18-/m0/s1. The monoisotopic (exact) mass is 327 g/mol. The molecule has 2 heterocycles. The van der Waals surface area contributed by atoms with Crippen molar-refractivity contribution in [2.24, 2.45) is 0 Å². The van der Waals surface area contributed by atoms with Gasteiger partial charge in [-0.2, -0.15) is 5.10 Å². The molecule has 0 unspecified atom stereocenters. The summed E-state index contributed by atoms with van der Waals surface area (Å²) in [5.41, 5.74) is 1.78. The Morgan fingerprint density at radius 2 is 2.21 bits per heavy atom. The highest BCUT2D eigenvalue weighted by Gasteiger charge is 2.19. The molecule has 0 saturated carbocycles. The molecule has 0 aliphatic carbocycles. The Balaban J connectivity index is 1.60. The lowest BCUT2D eigenvalue weighted by atomic mass is 9.96. The van der Waals surface area contributed by atoms with Gasteiger partial charge in [-0.05, 0) is 31.2 Å². The number of carbonyl (C=O) groups is 1. The summed E-state index contributed by atoms with van der Waals surface area (Å²) in [7, 11) is 0. The third-order valence-electron chi connectivity index (χ3n) is 4.49. The molecular weight excluding hydrogens is 302 g/mol. The SMILES string of the molecule is CC[C@H](C(=O)Nc1cnn(C[C@@H]2CCCCO2)c1)c1ccccc1. The molecule has 24 heavy (non-hydrogen) atoms. The molecule has 0 bridgehead atoms. The van der Waals surface area contributed by atoms with Crippen molar-refractivity contribution in [1.82, 2.24) is 9.78 Å². The number of carbonyl (C=O) groups excluding carboxylic acids is 1. The molecule has 1 aromatic heterocycles. The maximum absolute atomic E-state index is 12.6. The lowest BCUT2D eigenvalue weighted by molar-refractivity contribution is -0.117. The molecule has 2 atom stereocenters. The van der Waals surface area contributed by atoms with E-state index in [0.717, 1.165) is 43.7 Å². The van der Waals surface area contributed by atoms with E-state index in [2.05, 4.69) is 10.4 Å². The molecule has 1 amide bonds. The van der Waals surface area contributed by atoms with E-state index in [1.165, 1.54) is 6.42 Å². The minimum atomic E-state index is -0.142. The van der Waals surface area contributed by atoms with E-state index in [1.807, 2.05) is 48.1 Å². The maximum Gasteiger partial charge on any atom is 0.231 e. The Morgan fingerprint density at radius 1 is 1.38 bits per heavy atom. The summed E-state index contributed by atoms with van der Waals surface area (Å²) >= 11 is 0. The van der Waals surface area contributed by atoms with E-state index in [9.17, 15) is 4.79 Å². The number of nitrogens with one attached hydrogen (secondary N) is 1. The number of benzene rings is 1. The Kier molecular flexibility index (Phi) is 5.64. The van der Waals surface area contributed by atoms with Crippen molar-refractivity contribution in [2.45, 2.75) is 51.2 Å². The van der Waals surface area contributed by atoms with Crippen LogP contribution in [-0.4, -0.2) is 28.4 Å². The molecule has 1 aromatic carbocycles. The number of amides is 1. The Labute approximate surface area is 143 Å². The van der Waals surface area contributed by atoms with Crippen molar-refractivity contribution < 1.29 is 9.53 Å². The second kappa shape index (κ2) is 8.11. The summed E-state index contributed by atoms with van der Waals surface area (Å²) in [4.78, 5) is 12.6. The van der Waals surface area contributed by atoms with Crippen molar-refractivity contribution >= 4 is 11.6 Å². The highest BCUT2D eigenvalue weighted by Crippen LogP contribution is 2.21. The van der Waals surface area contributed by atoms with Gasteiger partial charge in [0.15, 0.2) is 0 Å². The molecule has 1 aliphatic rings. The van der Waals surface area contributed by atoms with Gasteiger partial charge in [0.2, 0.25) is 5.91 Å². The van der Waals surface area contributed by atoms with E-state index in [4.69, 9.17) is 4.74 Å². The number of nitrogens with zero attached hydrogens (tertiary/aromatic N) is 2. The number of hydrogen-bond acceptors (Lipinski definition) is 3. The zero-order valence-electron chi connectivity index (χ0n) is 14.1. The second-order valence-corrected chi connectivity index (χ2v) is 6.30. The molecule has 0 radical (unpaired) electrons. The number of hydrogen-bond donors (Lipinski definition) is 1. The van der Waals surface area contributed by atoms with Crippen LogP contribution in [0.2, 0.25) is 0 Å². The van der Waals surface area contributed by atoms with Gasteiger partial charge in [-0.3, -0.25) is 9.48 Å². The molecule has 1 N–H and O–H groups in total. The summed E-state index contributed by atoms with van der Waals surface area (Å²) in [6, 6.07) is 9.89. The predicted molar refractivity (Wildman–Crippen MR) is 93.9 cm³/mol. The van der Waals surface area contributed by atoms with Gasteiger partial charge < -0.3 is 10.1 Å². The van der Waals surface area contributed by atoms with Crippen molar-refractivity contribution in [2.75, 3.05) is 11.9 Å². The van der Waals surface area contributed by atoms with Crippen LogP contribution in [0.3, 0.4) is 0 Å². The second-order valence-electron chi connectivity index (χ2n) is 6.30. The molecule has 5 heteroatoms. The van der Waals surface area contributed by atoms with Gasteiger partial charge in [0.1, 0.15) is 0 Å². The Morgan fingerprint density at radius 3 is 2.92 bits per heavy atom. The largest absolute Gasteiger partial charge is 0.376 e. The Hall–Kier alpha value is -2.14. The summed E-state index contributed by atoms with van der Waals surface area (Å²) in [6.07, 6.45) is 8.02. The van der Waals surface area contributed by atoms with Crippen molar-refractivity contribution in [1.29, 1.82) is 0 Å². The van der Waals surface area contributed by atoms with Gasteiger partial charge in [-0.15, -0.1) is 0 Å². The zero-order chi connectivity index (χ0) is 16.8. The molecule has 2 aromatic rings. The van der Waals surface area contributed by atoms with Crippen LogP contribution < -0.4 is 5.32 Å². The van der Waals surface area contributed by atoms with E-state index in [-0.39, 0.29) is 17.9 Å². The van der Waals surface area contributed by atoms with Crippen molar-refractivity contribution in [3.63, 3.8) is 0 Å². The number of rotatable bonds is 6. The van der Waals surface area contributed by atoms with Gasteiger partial charge >= 0.3 is 0 Å². The third-order valence-corrected chi connectivity index (χ3v) is 4.49. The molecule has 1 fully saturated rings. The van der Waals surface area contributed by atoms with Gasteiger partial charge in [-0.1, -0.05) is 37.3 Å². The minimum Gasteiger partial charge on any atom is -0.376 e. The van der Waals surface area contributed by atoms with Crippen LogP contribution in [0, 0.1) is 0 Å². The predicted octanol–water partition coefficient (Wildman–Crippen LogP) is 3.58. The maximum atomic E-state index is 12.6. The van der Waals surface area contributed by atoms with Crippen LogP contribution in [0.5, 0.6) is 0 Å². The van der Waals surface area contributed by atoms with Crippen LogP contribution in [0.1, 0.15) is 44.1 Å². The first-order chi connectivity index (χ1) is 11.8.